The fourth-order valence-corrected chi connectivity index (χ4v) is 2.14. The highest BCUT2D eigenvalue weighted by molar-refractivity contribution is 5.76. The normalized spacial score (nSPS) is 23.2. The van der Waals surface area contributed by atoms with Crippen molar-refractivity contribution in [1.29, 1.82) is 0 Å². The Bertz CT molecular complexity index is 215. The Labute approximate surface area is 104 Å². The lowest BCUT2D eigenvalue weighted by Crippen LogP contribution is -2.37. The quantitative estimate of drug-likeness (QED) is 0.599. The van der Waals surface area contributed by atoms with Gasteiger partial charge in [-0.1, -0.05) is 6.92 Å². The van der Waals surface area contributed by atoms with Crippen LogP contribution >= 0.6 is 0 Å². The van der Waals surface area contributed by atoms with Gasteiger partial charge in [0, 0.05) is 26.1 Å². The van der Waals surface area contributed by atoms with Crippen LogP contribution in [-0.4, -0.2) is 38.3 Å². The molecular formula is C13H26N2O2. The van der Waals surface area contributed by atoms with Crippen LogP contribution in [0.25, 0.3) is 0 Å². The third kappa shape index (κ3) is 6.03. The number of hydrogen-bond donors (Lipinski definition) is 2. The van der Waals surface area contributed by atoms with E-state index in [1.807, 2.05) is 6.92 Å². The SMILES string of the molecule is CCCNCCNC(=O)CC1CC(OCC)C1. The van der Waals surface area contributed by atoms with E-state index in [2.05, 4.69) is 17.6 Å². The molecule has 0 radical (unpaired) electrons. The third-order valence-corrected chi connectivity index (χ3v) is 3.12. The number of hydrogen-bond acceptors (Lipinski definition) is 3. The number of carbonyl (C=O) groups is 1. The van der Waals surface area contributed by atoms with Gasteiger partial charge in [0.15, 0.2) is 0 Å². The van der Waals surface area contributed by atoms with Crippen molar-refractivity contribution in [2.75, 3.05) is 26.2 Å². The summed E-state index contributed by atoms with van der Waals surface area (Å²) in [5.74, 6) is 0.721. The highest BCUT2D eigenvalue weighted by Crippen LogP contribution is 2.32. The van der Waals surface area contributed by atoms with Crippen LogP contribution in [-0.2, 0) is 9.53 Å². The first kappa shape index (κ1) is 14.5. The molecule has 4 heteroatoms. The molecule has 0 bridgehead atoms. The minimum Gasteiger partial charge on any atom is -0.378 e. The lowest BCUT2D eigenvalue weighted by atomic mass is 9.80. The van der Waals surface area contributed by atoms with Crippen LogP contribution in [0.4, 0.5) is 0 Å². The van der Waals surface area contributed by atoms with E-state index in [1.54, 1.807) is 0 Å². The summed E-state index contributed by atoms with van der Waals surface area (Å²) in [5.41, 5.74) is 0. The van der Waals surface area contributed by atoms with E-state index < -0.39 is 0 Å². The average molecular weight is 242 g/mol. The number of rotatable bonds is 9. The van der Waals surface area contributed by atoms with Gasteiger partial charge in [-0.2, -0.15) is 0 Å². The van der Waals surface area contributed by atoms with Gasteiger partial charge >= 0.3 is 0 Å². The maximum absolute atomic E-state index is 11.6. The standard InChI is InChI=1S/C13H26N2O2/c1-3-5-14-6-7-15-13(16)10-11-8-12(9-11)17-4-2/h11-12,14H,3-10H2,1-2H3,(H,15,16). The maximum Gasteiger partial charge on any atom is 0.220 e. The predicted octanol–water partition coefficient (Wildman–Crippen LogP) is 1.31. The molecule has 1 rings (SSSR count). The Balaban J connectivity index is 1.92. The Morgan fingerprint density at radius 3 is 2.65 bits per heavy atom. The van der Waals surface area contributed by atoms with Crippen LogP contribution < -0.4 is 10.6 Å². The lowest BCUT2D eigenvalue weighted by Gasteiger charge is -2.34. The van der Waals surface area contributed by atoms with Gasteiger partial charge in [0.25, 0.3) is 0 Å². The highest BCUT2D eigenvalue weighted by atomic mass is 16.5. The molecule has 100 valence electrons. The van der Waals surface area contributed by atoms with Gasteiger partial charge in [0.1, 0.15) is 0 Å². The van der Waals surface area contributed by atoms with Crippen molar-refractivity contribution in [2.24, 2.45) is 5.92 Å². The van der Waals surface area contributed by atoms with Crippen molar-refractivity contribution in [3.05, 3.63) is 0 Å². The first-order valence-electron chi connectivity index (χ1n) is 6.85. The molecule has 0 aromatic heterocycles. The molecular weight excluding hydrogens is 216 g/mol. The summed E-state index contributed by atoms with van der Waals surface area (Å²) in [6.45, 7) is 7.56. The van der Waals surface area contributed by atoms with Crippen molar-refractivity contribution < 1.29 is 9.53 Å². The van der Waals surface area contributed by atoms with Crippen LogP contribution in [0.15, 0.2) is 0 Å². The minimum atomic E-state index is 0.184. The minimum absolute atomic E-state index is 0.184. The summed E-state index contributed by atoms with van der Waals surface area (Å²) in [7, 11) is 0. The Kier molecular flexibility index (Phi) is 7.21. The second kappa shape index (κ2) is 8.48. The van der Waals surface area contributed by atoms with E-state index in [-0.39, 0.29) is 5.91 Å². The Morgan fingerprint density at radius 2 is 2.00 bits per heavy atom. The van der Waals surface area contributed by atoms with Gasteiger partial charge in [-0.25, -0.2) is 0 Å². The largest absolute Gasteiger partial charge is 0.378 e. The van der Waals surface area contributed by atoms with Crippen LogP contribution in [0.5, 0.6) is 0 Å². The topological polar surface area (TPSA) is 50.4 Å². The molecule has 1 saturated carbocycles. The van der Waals surface area contributed by atoms with Gasteiger partial charge in [-0.3, -0.25) is 4.79 Å². The van der Waals surface area contributed by atoms with Gasteiger partial charge in [-0.15, -0.1) is 0 Å². The monoisotopic (exact) mass is 242 g/mol. The molecule has 1 aliphatic rings. The van der Waals surface area contributed by atoms with E-state index in [4.69, 9.17) is 4.74 Å². The van der Waals surface area contributed by atoms with Crippen molar-refractivity contribution >= 4 is 5.91 Å². The molecule has 0 saturated heterocycles. The van der Waals surface area contributed by atoms with Crippen LogP contribution in [0, 0.1) is 5.92 Å². The average Bonchev–Trinajstić information content (AvgIpc) is 2.26. The second-order valence-corrected chi connectivity index (χ2v) is 4.72. The molecule has 0 spiro atoms. The van der Waals surface area contributed by atoms with E-state index in [0.29, 0.717) is 18.4 Å². The van der Waals surface area contributed by atoms with Crippen LogP contribution in [0.1, 0.15) is 39.5 Å². The zero-order valence-electron chi connectivity index (χ0n) is 11.1. The highest BCUT2D eigenvalue weighted by Gasteiger charge is 2.30. The first-order chi connectivity index (χ1) is 8.26. The lowest BCUT2D eigenvalue weighted by molar-refractivity contribution is -0.124. The van der Waals surface area contributed by atoms with Crippen LogP contribution in [0.2, 0.25) is 0 Å². The molecule has 0 aromatic carbocycles. The summed E-state index contributed by atoms with van der Waals surface area (Å²) >= 11 is 0. The van der Waals surface area contributed by atoms with Gasteiger partial charge in [0.2, 0.25) is 5.91 Å². The molecule has 4 nitrogen and oxygen atoms in total. The Morgan fingerprint density at radius 1 is 1.24 bits per heavy atom. The van der Waals surface area contributed by atoms with Gasteiger partial charge < -0.3 is 15.4 Å². The Hall–Kier alpha value is -0.610. The van der Waals surface area contributed by atoms with Crippen LogP contribution in [0.3, 0.4) is 0 Å². The van der Waals surface area contributed by atoms with Gasteiger partial charge in [0.05, 0.1) is 6.10 Å². The summed E-state index contributed by atoms with van der Waals surface area (Å²) in [4.78, 5) is 11.6. The van der Waals surface area contributed by atoms with Crippen molar-refractivity contribution in [3.8, 4) is 0 Å². The molecule has 0 unspecified atom stereocenters. The molecule has 0 atom stereocenters. The van der Waals surface area contributed by atoms with Crippen molar-refractivity contribution in [1.82, 2.24) is 10.6 Å². The molecule has 0 heterocycles. The molecule has 1 aliphatic carbocycles. The summed E-state index contributed by atoms with van der Waals surface area (Å²) in [6.07, 6.45) is 4.31. The molecule has 1 amide bonds. The molecule has 0 aromatic rings. The van der Waals surface area contributed by atoms with Crippen molar-refractivity contribution in [2.45, 2.75) is 45.6 Å². The fraction of sp³-hybridized carbons (Fsp3) is 0.923. The molecule has 2 N–H and O–H groups in total. The summed E-state index contributed by atoms with van der Waals surface area (Å²) < 4.78 is 5.47. The molecule has 1 fully saturated rings. The first-order valence-corrected chi connectivity index (χ1v) is 6.85. The third-order valence-electron chi connectivity index (χ3n) is 3.12. The molecule has 0 aliphatic heterocycles. The smallest absolute Gasteiger partial charge is 0.220 e. The summed E-state index contributed by atoms with van der Waals surface area (Å²) in [5, 5.41) is 6.21. The second-order valence-electron chi connectivity index (χ2n) is 4.72. The number of nitrogens with one attached hydrogen (secondary N) is 2. The molecule has 17 heavy (non-hydrogen) atoms. The van der Waals surface area contributed by atoms with Gasteiger partial charge in [-0.05, 0) is 38.6 Å². The number of carbonyl (C=O) groups excluding carboxylic acids is 1. The van der Waals surface area contributed by atoms with E-state index in [9.17, 15) is 4.79 Å². The zero-order chi connectivity index (χ0) is 12.5. The number of amides is 1. The fourth-order valence-electron chi connectivity index (χ4n) is 2.14. The predicted molar refractivity (Wildman–Crippen MR) is 68.9 cm³/mol. The number of ether oxygens (including phenoxy) is 1. The zero-order valence-corrected chi connectivity index (χ0v) is 11.1. The van der Waals surface area contributed by atoms with E-state index in [0.717, 1.165) is 45.5 Å². The van der Waals surface area contributed by atoms with Crippen molar-refractivity contribution in [3.63, 3.8) is 0 Å². The summed E-state index contributed by atoms with van der Waals surface area (Å²) in [6, 6.07) is 0. The van der Waals surface area contributed by atoms with E-state index >= 15 is 0 Å². The van der Waals surface area contributed by atoms with E-state index in [1.165, 1.54) is 0 Å². The maximum atomic E-state index is 11.6.